The Labute approximate surface area is 96.0 Å². The molecule has 1 aromatic heterocycles. The van der Waals surface area contributed by atoms with E-state index in [0.717, 1.165) is 5.69 Å². The van der Waals surface area contributed by atoms with Crippen molar-refractivity contribution in [2.45, 2.75) is 0 Å². The molecular weight excluding hydrogens is 232 g/mol. The summed E-state index contributed by atoms with van der Waals surface area (Å²) in [6.07, 6.45) is 1.63. The van der Waals surface area contributed by atoms with Crippen LogP contribution in [0.5, 0.6) is 0 Å². The fourth-order valence-electron chi connectivity index (χ4n) is 1.22. The Morgan fingerprint density at radius 1 is 1.20 bits per heavy atom. The van der Waals surface area contributed by atoms with E-state index in [9.17, 15) is 4.79 Å². The van der Waals surface area contributed by atoms with Gasteiger partial charge in [0, 0.05) is 23.0 Å². The van der Waals surface area contributed by atoms with Crippen LogP contribution in [0.2, 0.25) is 5.02 Å². The van der Waals surface area contributed by atoms with Crippen LogP contribution in [0.1, 0.15) is 0 Å². The summed E-state index contributed by atoms with van der Waals surface area (Å²) in [6, 6.07) is 8.62. The lowest BCUT2D eigenvalue weighted by Gasteiger charge is -2.05. The van der Waals surface area contributed by atoms with Crippen LogP contribution in [0.3, 0.4) is 0 Å². The zero-order valence-electron chi connectivity index (χ0n) is 7.61. The van der Waals surface area contributed by atoms with Gasteiger partial charge in [-0.3, -0.25) is 14.3 Å². The van der Waals surface area contributed by atoms with Gasteiger partial charge in [-0.05, 0) is 36.5 Å². The van der Waals surface area contributed by atoms with Crippen LogP contribution in [-0.2, 0) is 0 Å². The normalized spacial score (nSPS) is 10.2. The van der Waals surface area contributed by atoms with E-state index < -0.39 is 0 Å². The van der Waals surface area contributed by atoms with Crippen molar-refractivity contribution >= 4 is 23.8 Å². The van der Waals surface area contributed by atoms with Gasteiger partial charge in [-0.15, -0.1) is 0 Å². The summed E-state index contributed by atoms with van der Waals surface area (Å²) in [5.41, 5.74) is 0.658. The van der Waals surface area contributed by atoms with Crippen molar-refractivity contribution in [3.63, 3.8) is 0 Å². The van der Waals surface area contributed by atoms with Crippen molar-refractivity contribution in [1.29, 1.82) is 0 Å². The van der Waals surface area contributed by atoms with Gasteiger partial charge in [-0.2, -0.15) is 0 Å². The number of aromatic nitrogens is 2. The molecule has 0 bridgehead atoms. The maximum absolute atomic E-state index is 11.0. The maximum Gasteiger partial charge on any atom is 0.251 e. The molecule has 0 atom stereocenters. The molecule has 76 valence electrons. The molecule has 0 aliphatic rings. The molecule has 0 fully saturated rings. The van der Waals surface area contributed by atoms with Crippen molar-refractivity contribution in [2.24, 2.45) is 0 Å². The molecule has 0 radical (unpaired) electrons. The quantitative estimate of drug-likeness (QED) is 0.776. The van der Waals surface area contributed by atoms with Gasteiger partial charge in [0.1, 0.15) is 0 Å². The van der Waals surface area contributed by atoms with Gasteiger partial charge in [0.2, 0.25) is 0 Å². The Morgan fingerprint density at radius 3 is 2.47 bits per heavy atom. The topological polar surface area (TPSA) is 37.8 Å². The predicted molar refractivity (Wildman–Crippen MR) is 62.2 cm³/mol. The van der Waals surface area contributed by atoms with E-state index in [1.54, 1.807) is 22.9 Å². The first-order valence-electron chi connectivity index (χ1n) is 4.25. The Hall–Kier alpha value is -1.39. The van der Waals surface area contributed by atoms with Crippen LogP contribution < -0.4 is 5.56 Å². The number of aromatic amines is 1. The Morgan fingerprint density at radius 2 is 1.87 bits per heavy atom. The van der Waals surface area contributed by atoms with Gasteiger partial charge in [0.15, 0.2) is 4.77 Å². The summed E-state index contributed by atoms with van der Waals surface area (Å²) in [7, 11) is 0. The number of nitrogens with one attached hydrogen (secondary N) is 1. The Kier molecular flexibility index (Phi) is 2.70. The molecule has 1 heterocycles. The van der Waals surface area contributed by atoms with Gasteiger partial charge in [-0.25, -0.2) is 0 Å². The average Bonchev–Trinajstić information content (AvgIpc) is 2.20. The third kappa shape index (κ3) is 2.16. The highest BCUT2D eigenvalue weighted by Gasteiger charge is 1.96. The first-order chi connectivity index (χ1) is 7.16. The van der Waals surface area contributed by atoms with Gasteiger partial charge < -0.3 is 0 Å². The largest absolute Gasteiger partial charge is 0.299 e. The lowest BCUT2D eigenvalue weighted by Crippen LogP contribution is -2.09. The van der Waals surface area contributed by atoms with Gasteiger partial charge in [0.25, 0.3) is 5.56 Å². The molecule has 0 aliphatic carbocycles. The standard InChI is InChI=1S/C10H7ClN2OS/c11-7-1-3-8(4-2-7)13-6-5-9(14)12-10(13)15/h1-6H,(H,12,14,15). The molecule has 2 rings (SSSR count). The number of hydrogen-bond acceptors (Lipinski definition) is 2. The highest BCUT2D eigenvalue weighted by Crippen LogP contribution is 2.12. The third-order valence-electron chi connectivity index (χ3n) is 1.93. The van der Waals surface area contributed by atoms with Crippen molar-refractivity contribution in [3.05, 3.63) is 56.7 Å². The molecule has 0 saturated heterocycles. The number of hydrogen-bond donors (Lipinski definition) is 1. The van der Waals surface area contributed by atoms with Crippen LogP contribution in [0.4, 0.5) is 0 Å². The van der Waals surface area contributed by atoms with Crippen LogP contribution in [0.15, 0.2) is 41.3 Å². The van der Waals surface area contributed by atoms with Crippen molar-refractivity contribution in [2.75, 3.05) is 0 Å². The number of benzene rings is 1. The van der Waals surface area contributed by atoms with E-state index in [-0.39, 0.29) is 5.56 Å². The van der Waals surface area contributed by atoms with Crippen LogP contribution in [0.25, 0.3) is 5.69 Å². The molecule has 5 heteroatoms. The molecule has 1 N–H and O–H groups in total. The van der Waals surface area contributed by atoms with Crippen molar-refractivity contribution in [1.82, 2.24) is 9.55 Å². The Bertz CT molecular complexity index is 585. The van der Waals surface area contributed by atoms with E-state index in [2.05, 4.69) is 4.98 Å². The van der Waals surface area contributed by atoms with E-state index >= 15 is 0 Å². The number of rotatable bonds is 1. The molecule has 2 aromatic rings. The summed E-state index contributed by atoms with van der Waals surface area (Å²) < 4.78 is 2.07. The van der Waals surface area contributed by atoms with Crippen LogP contribution >= 0.6 is 23.8 Å². The first kappa shape index (κ1) is 10.1. The SMILES string of the molecule is O=c1ccn(-c2ccc(Cl)cc2)c(=S)[nH]1. The van der Waals surface area contributed by atoms with E-state index in [0.29, 0.717) is 9.79 Å². The lowest BCUT2D eigenvalue weighted by atomic mass is 10.3. The molecule has 3 nitrogen and oxygen atoms in total. The molecule has 0 unspecified atom stereocenters. The van der Waals surface area contributed by atoms with E-state index in [1.807, 2.05) is 12.1 Å². The molecule has 15 heavy (non-hydrogen) atoms. The second-order valence-corrected chi connectivity index (χ2v) is 3.78. The molecular formula is C10H7ClN2OS. The molecule has 0 aliphatic heterocycles. The average molecular weight is 239 g/mol. The zero-order valence-corrected chi connectivity index (χ0v) is 9.18. The van der Waals surface area contributed by atoms with E-state index in [1.165, 1.54) is 6.07 Å². The van der Waals surface area contributed by atoms with Crippen molar-refractivity contribution < 1.29 is 0 Å². The fraction of sp³-hybridized carbons (Fsp3) is 0. The second kappa shape index (κ2) is 4.00. The second-order valence-electron chi connectivity index (χ2n) is 2.96. The van der Waals surface area contributed by atoms with Gasteiger partial charge in [-0.1, -0.05) is 11.6 Å². The first-order valence-corrected chi connectivity index (χ1v) is 5.03. The maximum atomic E-state index is 11.0. The van der Waals surface area contributed by atoms with Crippen molar-refractivity contribution in [3.8, 4) is 5.69 Å². The molecule has 1 aromatic carbocycles. The molecule has 0 saturated carbocycles. The minimum absolute atomic E-state index is 0.204. The Balaban J connectivity index is 2.59. The lowest BCUT2D eigenvalue weighted by molar-refractivity contribution is 0.937. The number of nitrogens with zero attached hydrogens (tertiary/aromatic N) is 1. The zero-order chi connectivity index (χ0) is 10.8. The monoisotopic (exact) mass is 238 g/mol. The van der Waals surface area contributed by atoms with Gasteiger partial charge in [0.05, 0.1) is 0 Å². The van der Waals surface area contributed by atoms with Crippen LogP contribution in [-0.4, -0.2) is 9.55 Å². The minimum atomic E-state index is -0.204. The van der Waals surface area contributed by atoms with E-state index in [4.69, 9.17) is 23.8 Å². The summed E-state index contributed by atoms with van der Waals surface area (Å²) in [6.45, 7) is 0. The molecule has 0 spiro atoms. The summed E-state index contributed by atoms with van der Waals surface area (Å²) in [5.74, 6) is 0. The highest BCUT2D eigenvalue weighted by atomic mass is 35.5. The summed E-state index contributed by atoms with van der Waals surface area (Å²) in [5, 5.41) is 0.662. The summed E-state index contributed by atoms with van der Waals surface area (Å²) >= 11 is 10.8. The van der Waals surface area contributed by atoms with Gasteiger partial charge >= 0.3 is 0 Å². The number of halogens is 1. The molecule has 0 amide bonds. The third-order valence-corrected chi connectivity index (χ3v) is 2.48. The number of H-pyrrole nitrogens is 1. The fourth-order valence-corrected chi connectivity index (χ4v) is 1.62. The minimum Gasteiger partial charge on any atom is -0.299 e. The summed E-state index contributed by atoms with van der Waals surface area (Å²) in [4.78, 5) is 13.5. The van der Waals surface area contributed by atoms with Crippen LogP contribution in [0, 0.1) is 4.77 Å². The smallest absolute Gasteiger partial charge is 0.251 e. The highest BCUT2D eigenvalue weighted by molar-refractivity contribution is 7.71. The predicted octanol–water partition coefficient (Wildman–Crippen LogP) is 2.55.